The summed E-state index contributed by atoms with van der Waals surface area (Å²) in [4.78, 5) is 25.3. The predicted octanol–water partition coefficient (Wildman–Crippen LogP) is 2.24. The molecule has 1 aromatic carbocycles. The minimum absolute atomic E-state index is 0.117. The van der Waals surface area contributed by atoms with Gasteiger partial charge < -0.3 is 14.7 Å². The van der Waals surface area contributed by atoms with Crippen LogP contribution in [0.25, 0.3) is 0 Å². The van der Waals surface area contributed by atoms with Gasteiger partial charge in [-0.1, -0.05) is 0 Å². The largest absolute Gasteiger partial charge is 0.497 e. The molecule has 0 radical (unpaired) electrons. The molecule has 1 N–H and O–H groups in total. The van der Waals surface area contributed by atoms with Gasteiger partial charge in [0.1, 0.15) is 5.75 Å². The quantitative estimate of drug-likeness (QED) is 0.806. The molecule has 1 fully saturated rings. The minimum atomic E-state index is -0.836. The fourth-order valence-corrected chi connectivity index (χ4v) is 3.22. The van der Waals surface area contributed by atoms with Crippen molar-refractivity contribution in [3.8, 4) is 5.75 Å². The molecule has 0 spiro atoms. The number of benzene rings is 1. The SMILES string of the molecule is COc1ccc(C(=O)N2CCC(C(=O)O)C2C)c(I)c1. The lowest BCUT2D eigenvalue weighted by molar-refractivity contribution is -0.142. The lowest BCUT2D eigenvalue weighted by Crippen LogP contribution is -2.38. The van der Waals surface area contributed by atoms with Gasteiger partial charge >= 0.3 is 5.97 Å². The van der Waals surface area contributed by atoms with Gasteiger partial charge in [-0.2, -0.15) is 0 Å². The maximum atomic E-state index is 12.5. The van der Waals surface area contributed by atoms with Crippen molar-refractivity contribution in [2.75, 3.05) is 13.7 Å². The number of likely N-dealkylation sites (tertiary alicyclic amines) is 1. The first kappa shape index (κ1) is 15.1. The Morgan fingerprint density at radius 1 is 1.45 bits per heavy atom. The normalized spacial score (nSPS) is 21.9. The van der Waals surface area contributed by atoms with Crippen molar-refractivity contribution in [3.05, 3.63) is 27.3 Å². The van der Waals surface area contributed by atoms with Gasteiger partial charge in [-0.15, -0.1) is 0 Å². The molecule has 1 saturated heterocycles. The molecule has 2 unspecified atom stereocenters. The maximum absolute atomic E-state index is 12.5. The topological polar surface area (TPSA) is 66.8 Å². The summed E-state index contributed by atoms with van der Waals surface area (Å²) in [7, 11) is 1.58. The Labute approximate surface area is 131 Å². The molecule has 2 atom stereocenters. The average Bonchev–Trinajstić information content (AvgIpc) is 2.79. The van der Waals surface area contributed by atoms with Crippen LogP contribution >= 0.6 is 22.6 Å². The molecule has 108 valence electrons. The number of carbonyl (C=O) groups excluding carboxylic acids is 1. The van der Waals surface area contributed by atoms with E-state index in [2.05, 4.69) is 22.6 Å². The summed E-state index contributed by atoms with van der Waals surface area (Å²) in [6, 6.07) is 4.98. The summed E-state index contributed by atoms with van der Waals surface area (Å²) in [5.74, 6) is -0.732. The van der Waals surface area contributed by atoms with Gasteiger partial charge in [0, 0.05) is 16.2 Å². The Balaban J connectivity index is 2.22. The van der Waals surface area contributed by atoms with Gasteiger partial charge in [0.15, 0.2) is 0 Å². The van der Waals surface area contributed by atoms with Gasteiger partial charge in [-0.3, -0.25) is 9.59 Å². The molecule has 1 amide bonds. The van der Waals surface area contributed by atoms with Crippen LogP contribution in [-0.2, 0) is 4.79 Å². The van der Waals surface area contributed by atoms with E-state index in [1.54, 1.807) is 37.1 Å². The van der Waals surface area contributed by atoms with Crippen LogP contribution in [0.1, 0.15) is 23.7 Å². The monoisotopic (exact) mass is 389 g/mol. The van der Waals surface area contributed by atoms with E-state index >= 15 is 0 Å². The van der Waals surface area contributed by atoms with Gasteiger partial charge in [-0.25, -0.2) is 0 Å². The number of hydrogen-bond donors (Lipinski definition) is 1. The number of carboxylic acids is 1. The van der Waals surface area contributed by atoms with Crippen molar-refractivity contribution in [1.82, 2.24) is 4.90 Å². The predicted molar refractivity (Wildman–Crippen MR) is 82.0 cm³/mol. The molecule has 0 aromatic heterocycles. The zero-order chi connectivity index (χ0) is 14.9. The molecule has 0 saturated carbocycles. The van der Waals surface area contributed by atoms with Crippen LogP contribution in [0.15, 0.2) is 18.2 Å². The first-order chi connectivity index (χ1) is 9.45. The molecule has 2 rings (SSSR count). The van der Waals surface area contributed by atoms with Crippen molar-refractivity contribution in [3.63, 3.8) is 0 Å². The van der Waals surface area contributed by atoms with Gasteiger partial charge in [-0.05, 0) is 54.1 Å². The van der Waals surface area contributed by atoms with E-state index in [0.29, 0.717) is 24.3 Å². The highest BCUT2D eigenvalue weighted by molar-refractivity contribution is 14.1. The number of carboxylic acid groups (broad SMARTS) is 1. The Hall–Kier alpha value is -1.31. The Morgan fingerprint density at radius 2 is 2.15 bits per heavy atom. The molecular weight excluding hydrogens is 373 g/mol. The summed E-state index contributed by atoms with van der Waals surface area (Å²) in [5.41, 5.74) is 0.587. The summed E-state index contributed by atoms with van der Waals surface area (Å²) < 4.78 is 5.92. The van der Waals surface area contributed by atoms with Gasteiger partial charge in [0.2, 0.25) is 0 Å². The lowest BCUT2D eigenvalue weighted by Gasteiger charge is -2.24. The second kappa shape index (κ2) is 5.99. The second-order valence-electron chi connectivity index (χ2n) is 4.82. The average molecular weight is 389 g/mol. The van der Waals surface area contributed by atoms with E-state index in [4.69, 9.17) is 9.84 Å². The molecule has 5 nitrogen and oxygen atoms in total. The van der Waals surface area contributed by atoms with E-state index in [1.165, 1.54) is 0 Å². The lowest BCUT2D eigenvalue weighted by atomic mass is 10.0. The van der Waals surface area contributed by atoms with Crippen LogP contribution in [0, 0.1) is 9.49 Å². The molecule has 0 aliphatic carbocycles. The number of nitrogens with zero attached hydrogens (tertiary/aromatic N) is 1. The van der Waals surface area contributed by atoms with Crippen molar-refractivity contribution in [2.24, 2.45) is 5.92 Å². The Kier molecular flexibility index (Phi) is 4.52. The van der Waals surface area contributed by atoms with Crippen LogP contribution < -0.4 is 4.74 Å². The standard InChI is InChI=1S/C14H16INO4/c1-8-10(14(18)19)5-6-16(8)13(17)11-4-3-9(20-2)7-12(11)15/h3-4,7-8,10H,5-6H2,1-2H3,(H,18,19). The molecule has 1 aromatic rings. The molecule has 1 aliphatic rings. The number of halogens is 1. The van der Waals surface area contributed by atoms with Gasteiger partial charge in [0.05, 0.1) is 18.6 Å². The number of amides is 1. The van der Waals surface area contributed by atoms with Crippen LogP contribution in [0.4, 0.5) is 0 Å². The summed E-state index contributed by atoms with van der Waals surface area (Å²) in [6.45, 7) is 2.28. The van der Waals surface area contributed by atoms with Crippen molar-refractivity contribution in [2.45, 2.75) is 19.4 Å². The van der Waals surface area contributed by atoms with E-state index in [1.807, 2.05) is 0 Å². The van der Waals surface area contributed by atoms with E-state index in [-0.39, 0.29) is 11.9 Å². The third-order valence-corrected chi connectivity index (χ3v) is 4.63. The third kappa shape index (κ3) is 2.74. The molecule has 1 heterocycles. The van der Waals surface area contributed by atoms with Crippen molar-refractivity contribution in [1.29, 1.82) is 0 Å². The van der Waals surface area contributed by atoms with E-state index in [0.717, 1.165) is 3.57 Å². The third-order valence-electron chi connectivity index (χ3n) is 3.74. The molecule has 0 bridgehead atoms. The fourth-order valence-electron chi connectivity index (χ4n) is 2.51. The number of ether oxygens (including phenoxy) is 1. The van der Waals surface area contributed by atoms with Crippen molar-refractivity contribution >= 4 is 34.5 Å². The summed E-state index contributed by atoms with van der Waals surface area (Å²) in [6.07, 6.45) is 0.509. The number of methoxy groups -OCH3 is 1. The number of hydrogen-bond acceptors (Lipinski definition) is 3. The highest BCUT2D eigenvalue weighted by Crippen LogP contribution is 2.28. The highest BCUT2D eigenvalue weighted by atomic mass is 127. The van der Waals surface area contributed by atoms with Gasteiger partial charge in [0.25, 0.3) is 5.91 Å². The van der Waals surface area contributed by atoms with Crippen LogP contribution in [0.2, 0.25) is 0 Å². The summed E-state index contributed by atoms with van der Waals surface area (Å²) in [5, 5.41) is 9.12. The molecular formula is C14H16INO4. The zero-order valence-corrected chi connectivity index (χ0v) is 13.5. The first-order valence-corrected chi connectivity index (χ1v) is 7.41. The number of rotatable bonds is 3. The van der Waals surface area contributed by atoms with E-state index < -0.39 is 11.9 Å². The van der Waals surface area contributed by atoms with E-state index in [9.17, 15) is 9.59 Å². The highest BCUT2D eigenvalue weighted by Gasteiger charge is 2.38. The molecule has 6 heteroatoms. The summed E-state index contributed by atoms with van der Waals surface area (Å²) >= 11 is 2.09. The van der Waals surface area contributed by atoms with Crippen LogP contribution in [0.5, 0.6) is 5.75 Å². The molecule has 1 aliphatic heterocycles. The second-order valence-corrected chi connectivity index (χ2v) is 5.98. The van der Waals surface area contributed by atoms with Crippen molar-refractivity contribution < 1.29 is 19.4 Å². The smallest absolute Gasteiger partial charge is 0.308 e. The van der Waals surface area contributed by atoms with Crippen LogP contribution in [0.3, 0.4) is 0 Å². The minimum Gasteiger partial charge on any atom is -0.497 e. The zero-order valence-electron chi connectivity index (χ0n) is 11.3. The molecule has 20 heavy (non-hydrogen) atoms. The Morgan fingerprint density at radius 3 is 2.65 bits per heavy atom. The maximum Gasteiger partial charge on any atom is 0.308 e. The fraction of sp³-hybridized carbons (Fsp3) is 0.429. The Bertz CT molecular complexity index is 546. The van der Waals surface area contributed by atoms with Crippen LogP contribution in [-0.4, -0.2) is 41.6 Å². The first-order valence-electron chi connectivity index (χ1n) is 6.33. The number of aliphatic carboxylic acids is 1. The number of carbonyl (C=O) groups is 2.